The Bertz CT molecular complexity index is 546. The molecule has 0 aliphatic carbocycles. The molecule has 1 aromatic carbocycles. The van der Waals surface area contributed by atoms with Crippen molar-refractivity contribution in [2.24, 2.45) is 0 Å². The van der Waals surface area contributed by atoms with Crippen LogP contribution in [0, 0.1) is 0 Å². The van der Waals surface area contributed by atoms with E-state index in [1.807, 2.05) is 12.1 Å². The lowest BCUT2D eigenvalue weighted by Gasteiger charge is -2.05. The lowest BCUT2D eigenvalue weighted by atomic mass is 10.2. The number of ketones is 1. The maximum Gasteiger partial charge on any atom is 0.178 e. The van der Waals surface area contributed by atoms with E-state index in [-0.39, 0.29) is 5.78 Å². The van der Waals surface area contributed by atoms with Crippen LogP contribution >= 0.6 is 11.3 Å². The molecule has 1 aromatic heterocycles. The van der Waals surface area contributed by atoms with E-state index in [0.717, 1.165) is 23.6 Å². The molecule has 100 valence electrons. The van der Waals surface area contributed by atoms with Crippen molar-refractivity contribution in [3.8, 4) is 5.75 Å². The average molecular weight is 275 g/mol. The molecule has 3 nitrogen and oxygen atoms in total. The minimum absolute atomic E-state index is 0.0126. The molecule has 2 rings (SSSR count). The number of Topliss-reactive ketones (excluding diaryl/α,β-unsaturated/α-hetero) is 1. The average Bonchev–Trinajstić information content (AvgIpc) is 2.89. The fourth-order valence-corrected chi connectivity index (χ4v) is 2.48. The lowest BCUT2D eigenvalue weighted by Crippen LogP contribution is -2.02. The molecule has 0 atom stereocenters. The number of thiazole rings is 1. The highest BCUT2D eigenvalue weighted by Crippen LogP contribution is 2.14. The van der Waals surface area contributed by atoms with E-state index < -0.39 is 0 Å². The van der Waals surface area contributed by atoms with Crippen LogP contribution in [0.5, 0.6) is 5.75 Å². The minimum Gasteiger partial charge on any atom is -0.493 e. The Kier molecular flexibility index (Phi) is 4.68. The standard InChI is InChI=1S/C15H17NO2S/c1-3-12-4-6-13(7-5-12)18-9-8-15-16-14(10-19-15)11(2)17/h4-7,10H,3,8-9H2,1-2H3. The third-order valence-electron chi connectivity index (χ3n) is 2.83. The van der Waals surface area contributed by atoms with Crippen molar-refractivity contribution in [2.75, 3.05) is 6.61 Å². The third-order valence-corrected chi connectivity index (χ3v) is 3.74. The first-order valence-electron chi connectivity index (χ1n) is 6.36. The largest absolute Gasteiger partial charge is 0.493 e. The molecule has 0 aliphatic rings. The van der Waals surface area contributed by atoms with Gasteiger partial charge in [0.1, 0.15) is 11.4 Å². The van der Waals surface area contributed by atoms with Gasteiger partial charge in [0, 0.05) is 18.7 Å². The number of aryl methyl sites for hydroxylation is 1. The maximum atomic E-state index is 11.1. The van der Waals surface area contributed by atoms with E-state index in [1.165, 1.54) is 23.8 Å². The summed E-state index contributed by atoms with van der Waals surface area (Å²) in [5, 5.41) is 2.74. The second-order valence-electron chi connectivity index (χ2n) is 4.28. The SMILES string of the molecule is CCc1ccc(OCCc2nc(C(C)=O)cs2)cc1. The molecule has 0 N–H and O–H groups in total. The van der Waals surface area contributed by atoms with Gasteiger partial charge in [0.15, 0.2) is 5.78 Å². The molecule has 0 spiro atoms. The van der Waals surface area contributed by atoms with E-state index >= 15 is 0 Å². The van der Waals surface area contributed by atoms with Crippen LogP contribution in [0.1, 0.15) is 34.9 Å². The molecule has 2 aromatic rings. The van der Waals surface area contributed by atoms with Gasteiger partial charge in [-0.1, -0.05) is 19.1 Å². The summed E-state index contributed by atoms with van der Waals surface area (Å²) in [6, 6.07) is 8.13. The predicted octanol–water partition coefficient (Wildman–Crippen LogP) is 3.53. The number of aromatic nitrogens is 1. The summed E-state index contributed by atoms with van der Waals surface area (Å²) in [5.74, 6) is 0.888. The Labute approximate surface area is 117 Å². The normalized spacial score (nSPS) is 10.4. The summed E-state index contributed by atoms with van der Waals surface area (Å²) >= 11 is 1.51. The van der Waals surface area contributed by atoms with Crippen LogP contribution in [0.3, 0.4) is 0 Å². The van der Waals surface area contributed by atoms with Crippen molar-refractivity contribution < 1.29 is 9.53 Å². The number of ether oxygens (including phenoxy) is 1. The van der Waals surface area contributed by atoms with Crippen LogP contribution in [0.15, 0.2) is 29.6 Å². The fraction of sp³-hybridized carbons (Fsp3) is 0.333. The Morgan fingerprint density at radius 3 is 2.63 bits per heavy atom. The minimum atomic E-state index is 0.0126. The van der Waals surface area contributed by atoms with Crippen molar-refractivity contribution in [2.45, 2.75) is 26.7 Å². The van der Waals surface area contributed by atoms with Crippen LogP contribution in [0.4, 0.5) is 0 Å². The molecule has 0 saturated carbocycles. The van der Waals surface area contributed by atoms with E-state index in [4.69, 9.17) is 4.74 Å². The monoisotopic (exact) mass is 275 g/mol. The molecule has 19 heavy (non-hydrogen) atoms. The van der Waals surface area contributed by atoms with Gasteiger partial charge in [-0.3, -0.25) is 4.79 Å². The summed E-state index contributed by atoms with van der Waals surface area (Å²) in [6.45, 7) is 4.24. The van der Waals surface area contributed by atoms with Crippen molar-refractivity contribution in [3.63, 3.8) is 0 Å². The number of nitrogens with zero attached hydrogens (tertiary/aromatic N) is 1. The van der Waals surface area contributed by atoms with Crippen LogP contribution in [-0.2, 0) is 12.8 Å². The van der Waals surface area contributed by atoms with Gasteiger partial charge in [-0.15, -0.1) is 11.3 Å². The fourth-order valence-electron chi connectivity index (χ4n) is 1.66. The first-order valence-corrected chi connectivity index (χ1v) is 7.24. The van der Waals surface area contributed by atoms with Crippen molar-refractivity contribution in [3.05, 3.63) is 45.9 Å². The summed E-state index contributed by atoms with van der Waals surface area (Å²) in [6.07, 6.45) is 1.76. The number of rotatable bonds is 6. The van der Waals surface area contributed by atoms with E-state index in [2.05, 4.69) is 24.0 Å². The highest BCUT2D eigenvalue weighted by atomic mass is 32.1. The molecule has 0 amide bonds. The molecule has 0 unspecified atom stereocenters. The molecule has 0 saturated heterocycles. The summed E-state index contributed by atoms with van der Waals surface area (Å²) in [4.78, 5) is 15.4. The summed E-state index contributed by atoms with van der Waals surface area (Å²) in [5.41, 5.74) is 1.85. The molecule has 0 radical (unpaired) electrons. The number of hydrogen-bond acceptors (Lipinski definition) is 4. The van der Waals surface area contributed by atoms with E-state index in [9.17, 15) is 4.79 Å². The number of carbonyl (C=O) groups is 1. The van der Waals surface area contributed by atoms with Gasteiger partial charge in [0.2, 0.25) is 0 Å². The Morgan fingerprint density at radius 1 is 1.32 bits per heavy atom. The molecule has 4 heteroatoms. The molecular weight excluding hydrogens is 258 g/mol. The first-order chi connectivity index (χ1) is 9.19. The lowest BCUT2D eigenvalue weighted by molar-refractivity contribution is 0.101. The number of carbonyl (C=O) groups excluding carboxylic acids is 1. The van der Waals surface area contributed by atoms with Crippen LogP contribution < -0.4 is 4.74 Å². The van der Waals surface area contributed by atoms with Gasteiger partial charge in [-0.05, 0) is 24.1 Å². The molecule has 0 fully saturated rings. The van der Waals surface area contributed by atoms with Crippen LogP contribution in [-0.4, -0.2) is 17.4 Å². The first kappa shape index (κ1) is 13.7. The third kappa shape index (κ3) is 3.89. The zero-order chi connectivity index (χ0) is 13.7. The van der Waals surface area contributed by atoms with Crippen LogP contribution in [0.2, 0.25) is 0 Å². The molecule has 0 aliphatic heterocycles. The van der Waals surface area contributed by atoms with Gasteiger partial charge in [-0.2, -0.15) is 0 Å². The summed E-state index contributed by atoms with van der Waals surface area (Å²) in [7, 11) is 0. The molecule has 1 heterocycles. The van der Waals surface area contributed by atoms with Gasteiger partial charge in [0.05, 0.1) is 11.6 Å². The van der Waals surface area contributed by atoms with E-state index in [1.54, 1.807) is 5.38 Å². The Balaban J connectivity index is 1.83. The number of benzene rings is 1. The highest BCUT2D eigenvalue weighted by Gasteiger charge is 2.05. The smallest absolute Gasteiger partial charge is 0.178 e. The second-order valence-corrected chi connectivity index (χ2v) is 5.22. The van der Waals surface area contributed by atoms with Gasteiger partial charge >= 0.3 is 0 Å². The van der Waals surface area contributed by atoms with Crippen molar-refractivity contribution >= 4 is 17.1 Å². The topological polar surface area (TPSA) is 39.2 Å². The molecule has 0 bridgehead atoms. The van der Waals surface area contributed by atoms with Crippen LogP contribution in [0.25, 0.3) is 0 Å². The Morgan fingerprint density at radius 2 is 2.05 bits per heavy atom. The zero-order valence-corrected chi connectivity index (χ0v) is 12.0. The number of hydrogen-bond donors (Lipinski definition) is 0. The van der Waals surface area contributed by atoms with Gasteiger partial charge < -0.3 is 4.74 Å². The van der Waals surface area contributed by atoms with Crippen molar-refractivity contribution in [1.82, 2.24) is 4.98 Å². The quantitative estimate of drug-likeness (QED) is 0.757. The zero-order valence-electron chi connectivity index (χ0n) is 11.2. The van der Waals surface area contributed by atoms with E-state index in [0.29, 0.717) is 12.3 Å². The molecular formula is C15H17NO2S. The van der Waals surface area contributed by atoms with Gasteiger partial charge in [0.25, 0.3) is 0 Å². The van der Waals surface area contributed by atoms with Gasteiger partial charge in [-0.25, -0.2) is 4.98 Å². The maximum absolute atomic E-state index is 11.1. The Hall–Kier alpha value is -1.68. The highest BCUT2D eigenvalue weighted by molar-refractivity contribution is 7.09. The summed E-state index contributed by atoms with van der Waals surface area (Å²) < 4.78 is 5.66. The predicted molar refractivity (Wildman–Crippen MR) is 77.1 cm³/mol. The van der Waals surface area contributed by atoms with Crippen molar-refractivity contribution in [1.29, 1.82) is 0 Å². The second kappa shape index (κ2) is 6.48.